The summed E-state index contributed by atoms with van der Waals surface area (Å²) >= 11 is 3.36. The summed E-state index contributed by atoms with van der Waals surface area (Å²) in [5.74, 6) is 0.411. The van der Waals surface area contributed by atoms with Gasteiger partial charge in [0.2, 0.25) is 0 Å². The molecule has 2 aromatic rings. The van der Waals surface area contributed by atoms with E-state index in [0.29, 0.717) is 18.8 Å². The van der Waals surface area contributed by atoms with Crippen LogP contribution in [0.15, 0.2) is 58.2 Å². The molecule has 0 atom stereocenters. The molecule has 0 amide bonds. The quantitative estimate of drug-likeness (QED) is 0.319. The second-order valence-electron chi connectivity index (χ2n) is 4.48. The van der Waals surface area contributed by atoms with Crippen LogP contribution in [0.1, 0.15) is 15.9 Å². The molecule has 0 unspecified atom stereocenters. The molecule has 0 aliphatic rings. The second kappa shape index (κ2) is 8.95. The van der Waals surface area contributed by atoms with E-state index in [0.717, 1.165) is 15.8 Å². The number of methoxy groups -OCH3 is 1. The van der Waals surface area contributed by atoms with E-state index in [9.17, 15) is 4.79 Å². The molecule has 23 heavy (non-hydrogen) atoms. The average Bonchev–Trinajstić information content (AvgIpc) is 2.59. The van der Waals surface area contributed by atoms with Gasteiger partial charge in [-0.3, -0.25) is 0 Å². The van der Waals surface area contributed by atoms with Crippen LogP contribution in [0.25, 0.3) is 0 Å². The standard InChI is InChI=1S/C17H16BrNO4/c1-21-17(20)14-4-2-13(3-5-14)12-19-23-11-10-22-16-8-6-15(18)7-9-16/h2-9,12H,10-11H2,1H3/b19-12-. The molecule has 0 spiro atoms. The second-order valence-corrected chi connectivity index (χ2v) is 5.40. The minimum absolute atomic E-state index is 0.340. The number of carbonyl (C=O) groups is 1. The van der Waals surface area contributed by atoms with Gasteiger partial charge < -0.3 is 14.3 Å². The number of halogens is 1. The Bertz CT molecular complexity index is 653. The van der Waals surface area contributed by atoms with Gasteiger partial charge in [-0.05, 0) is 42.0 Å². The lowest BCUT2D eigenvalue weighted by atomic mass is 10.1. The first kappa shape index (κ1) is 17.0. The number of ether oxygens (including phenoxy) is 2. The van der Waals surface area contributed by atoms with Gasteiger partial charge >= 0.3 is 5.97 Å². The Balaban J connectivity index is 1.70. The van der Waals surface area contributed by atoms with Crippen molar-refractivity contribution < 1.29 is 19.1 Å². The minimum Gasteiger partial charge on any atom is -0.490 e. The maximum Gasteiger partial charge on any atom is 0.337 e. The maximum atomic E-state index is 11.3. The predicted octanol–water partition coefficient (Wildman–Crippen LogP) is 3.67. The van der Waals surface area contributed by atoms with Crippen LogP contribution in [0.3, 0.4) is 0 Å². The van der Waals surface area contributed by atoms with E-state index in [1.54, 1.807) is 30.5 Å². The summed E-state index contributed by atoms with van der Waals surface area (Å²) in [6, 6.07) is 14.4. The third-order valence-electron chi connectivity index (χ3n) is 2.87. The van der Waals surface area contributed by atoms with E-state index in [2.05, 4.69) is 25.8 Å². The number of hydrogen-bond donors (Lipinski definition) is 0. The number of nitrogens with zero attached hydrogens (tertiary/aromatic N) is 1. The highest BCUT2D eigenvalue weighted by molar-refractivity contribution is 9.10. The molecule has 0 aliphatic carbocycles. The van der Waals surface area contributed by atoms with Crippen LogP contribution in [0, 0.1) is 0 Å². The van der Waals surface area contributed by atoms with Crippen molar-refractivity contribution in [2.75, 3.05) is 20.3 Å². The number of oxime groups is 1. The normalized spacial score (nSPS) is 10.5. The molecule has 0 N–H and O–H groups in total. The monoisotopic (exact) mass is 377 g/mol. The summed E-state index contributed by atoms with van der Waals surface area (Å²) in [6.07, 6.45) is 1.57. The molecule has 6 heteroatoms. The van der Waals surface area contributed by atoms with Gasteiger partial charge in [0.15, 0.2) is 6.61 Å². The molecule has 0 heterocycles. The van der Waals surface area contributed by atoms with Gasteiger partial charge in [-0.15, -0.1) is 0 Å². The van der Waals surface area contributed by atoms with Crippen molar-refractivity contribution in [2.45, 2.75) is 0 Å². The average molecular weight is 378 g/mol. The van der Waals surface area contributed by atoms with Crippen LogP contribution in [0.5, 0.6) is 5.75 Å². The fourth-order valence-corrected chi connectivity index (χ4v) is 1.97. The largest absolute Gasteiger partial charge is 0.490 e. The summed E-state index contributed by atoms with van der Waals surface area (Å²) in [6.45, 7) is 0.743. The van der Waals surface area contributed by atoms with E-state index in [-0.39, 0.29) is 5.97 Å². The van der Waals surface area contributed by atoms with Crippen molar-refractivity contribution in [2.24, 2.45) is 5.16 Å². The van der Waals surface area contributed by atoms with E-state index in [1.807, 2.05) is 24.3 Å². The van der Waals surface area contributed by atoms with Gasteiger partial charge in [-0.1, -0.05) is 33.2 Å². The van der Waals surface area contributed by atoms with Crippen LogP contribution in [-0.4, -0.2) is 32.5 Å². The molecule has 0 saturated carbocycles. The first-order valence-corrected chi connectivity index (χ1v) is 7.70. The lowest BCUT2D eigenvalue weighted by Gasteiger charge is -2.05. The van der Waals surface area contributed by atoms with Crippen molar-refractivity contribution >= 4 is 28.1 Å². The summed E-state index contributed by atoms with van der Waals surface area (Å²) in [5.41, 5.74) is 1.32. The van der Waals surface area contributed by atoms with Crippen molar-refractivity contribution in [3.05, 3.63) is 64.1 Å². The molecule has 0 aliphatic heterocycles. The highest BCUT2D eigenvalue weighted by Crippen LogP contribution is 2.15. The zero-order valence-electron chi connectivity index (χ0n) is 12.6. The molecule has 0 bridgehead atoms. The van der Waals surface area contributed by atoms with E-state index in [4.69, 9.17) is 9.57 Å². The Kier molecular flexibility index (Phi) is 6.62. The van der Waals surface area contributed by atoms with E-state index < -0.39 is 0 Å². The molecular weight excluding hydrogens is 362 g/mol. The summed E-state index contributed by atoms with van der Waals surface area (Å²) in [5, 5.41) is 3.85. The predicted molar refractivity (Wildman–Crippen MR) is 91.0 cm³/mol. The van der Waals surface area contributed by atoms with Crippen molar-refractivity contribution in [1.29, 1.82) is 0 Å². The van der Waals surface area contributed by atoms with Crippen molar-refractivity contribution in [3.8, 4) is 5.75 Å². The molecule has 0 saturated heterocycles. The minimum atomic E-state index is -0.366. The van der Waals surface area contributed by atoms with Crippen LogP contribution in [0.4, 0.5) is 0 Å². The third-order valence-corrected chi connectivity index (χ3v) is 3.39. The van der Waals surface area contributed by atoms with Crippen LogP contribution < -0.4 is 4.74 Å². The maximum absolute atomic E-state index is 11.3. The highest BCUT2D eigenvalue weighted by atomic mass is 79.9. The number of benzene rings is 2. The highest BCUT2D eigenvalue weighted by Gasteiger charge is 2.03. The number of carbonyl (C=O) groups excluding carboxylic acids is 1. The van der Waals surface area contributed by atoms with Crippen molar-refractivity contribution in [1.82, 2.24) is 0 Å². The van der Waals surface area contributed by atoms with E-state index >= 15 is 0 Å². The molecule has 0 radical (unpaired) electrons. The molecule has 120 valence electrons. The fourth-order valence-electron chi connectivity index (χ4n) is 1.70. The van der Waals surface area contributed by atoms with Gasteiger partial charge in [0.05, 0.1) is 18.9 Å². The van der Waals surface area contributed by atoms with Gasteiger partial charge in [-0.2, -0.15) is 0 Å². The Morgan fingerprint density at radius 1 is 1.09 bits per heavy atom. The molecule has 0 aromatic heterocycles. The Hall–Kier alpha value is -2.34. The summed E-state index contributed by atoms with van der Waals surface area (Å²) < 4.78 is 11.1. The van der Waals surface area contributed by atoms with E-state index in [1.165, 1.54) is 7.11 Å². The van der Waals surface area contributed by atoms with Gasteiger partial charge in [-0.25, -0.2) is 4.79 Å². The number of rotatable bonds is 7. The molecule has 0 fully saturated rings. The molecule has 2 rings (SSSR count). The van der Waals surface area contributed by atoms with Crippen LogP contribution in [0.2, 0.25) is 0 Å². The van der Waals surface area contributed by atoms with Crippen LogP contribution in [-0.2, 0) is 9.57 Å². The first-order valence-electron chi connectivity index (χ1n) is 6.91. The zero-order valence-corrected chi connectivity index (χ0v) is 14.2. The van der Waals surface area contributed by atoms with Gasteiger partial charge in [0.1, 0.15) is 12.4 Å². The molecule has 5 nitrogen and oxygen atoms in total. The van der Waals surface area contributed by atoms with Gasteiger partial charge in [0, 0.05) is 4.47 Å². The zero-order chi connectivity index (χ0) is 16.5. The Morgan fingerprint density at radius 3 is 2.43 bits per heavy atom. The van der Waals surface area contributed by atoms with Crippen LogP contribution >= 0.6 is 15.9 Å². The SMILES string of the molecule is COC(=O)c1ccc(/C=N\OCCOc2ccc(Br)cc2)cc1. The Morgan fingerprint density at radius 2 is 1.78 bits per heavy atom. The first-order chi connectivity index (χ1) is 11.2. The summed E-state index contributed by atoms with van der Waals surface area (Å²) in [7, 11) is 1.35. The third kappa shape index (κ3) is 5.75. The molecular formula is C17H16BrNO4. The lowest BCUT2D eigenvalue weighted by Crippen LogP contribution is -2.04. The smallest absolute Gasteiger partial charge is 0.337 e. The topological polar surface area (TPSA) is 57.1 Å². The number of esters is 1. The fraction of sp³-hybridized carbons (Fsp3) is 0.176. The van der Waals surface area contributed by atoms with Gasteiger partial charge in [0.25, 0.3) is 0 Å². The lowest BCUT2D eigenvalue weighted by molar-refractivity contribution is 0.0600. The Labute approximate surface area is 143 Å². The van der Waals surface area contributed by atoms with Crippen molar-refractivity contribution in [3.63, 3.8) is 0 Å². The number of hydrogen-bond acceptors (Lipinski definition) is 5. The molecule has 2 aromatic carbocycles. The summed E-state index contributed by atoms with van der Waals surface area (Å²) in [4.78, 5) is 16.4.